The number of cyclic esters (lactones) is 1. The first-order chi connectivity index (χ1) is 16.6. The van der Waals surface area contributed by atoms with Gasteiger partial charge in [-0.05, 0) is 41.5 Å². The number of hydrogen-bond donors (Lipinski definition) is 1. The van der Waals surface area contributed by atoms with Crippen molar-refractivity contribution >= 4 is 23.6 Å². The van der Waals surface area contributed by atoms with Crippen molar-refractivity contribution in [2.45, 2.75) is 6.04 Å². The summed E-state index contributed by atoms with van der Waals surface area (Å²) in [5, 5.41) is 11.9. The van der Waals surface area contributed by atoms with Gasteiger partial charge in [0.25, 0.3) is 0 Å². The van der Waals surface area contributed by atoms with E-state index >= 15 is 0 Å². The molecule has 1 atom stereocenters. The number of ether oxygens (including phenoxy) is 1. The van der Waals surface area contributed by atoms with Crippen LogP contribution in [0.25, 0.3) is 28.2 Å². The molecule has 5 aromatic rings. The van der Waals surface area contributed by atoms with Crippen LogP contribution < -0.4 is 10.6 Å². The van der Waals surface area contributed by atoms with Gasteiger partial charge in [-0.25, -0.2) is 18.7 Å². The minimum absolute atomic E-state index is 0.00202. The number of aromatic nitrogens is 5. The van der Waals surface area contributed by atoms with Crippen LogP contribution in [0.15, 0.2) is 71.4 Å². The maximum Gasteiger partial charge on any atom is 0.416 e. The van der Waals surface area contributed by atoms with Gasteiger partial charge < -0.3 is 14.9 Å². The number of fused-ring (bicyclic) bond motifs is 1. The Morgan fingerprint density at radius 3 is 2.50 bits per heavy atom. The van der Waals surface area contributed by atoms with Crippen molar-refractivity contribution < 1.29 is 18.3 Å². The quantitative estimate of drug-likeness (QED) is 0.431. The molecule has 1 aliphatic rings. The summed E-state index contributed by atoms with van der Waals surface area (Å²) in [5.74, 6) is 0.380. The summed E-state index contributed by atoms with van der Waals surface area (Å²) in [6, 6.07) is 14.7. The third kappa shape index (κ3) is 3.30. The normalized spacial score (nSPS) is 15.7. The van der Waals surface area contributed by atoms with Crippen molar-refractivity contribution in [3.63, 3.8) is 0 Å². The third-order valence-electron chi connectivity index (χ3n) is 5.61. The molecule has 1 amide bonds. The van der Waals surface area contributed by atoms with Gasteiger partial charge in [0.1, 0.15) is 24.3 Å². The van der Waals surface area contributed by atoms with Gasteiger partial charge in [0.05, 0.1) is 6.20 Å². The van der Waals surface area contributed by atoms with Crippen molar-refractivity contribution in [1.82, 2.24) is 24.8 Å². The van der Waals surface area contributed by atoms with Crippen molar-refractivity contribution in [3.8, 4) is 22.6 Å². The van der Waals surface area contributed by atoms with Crippen LogP contribution in [0.4, 0.5) is 21.0 Å². The van der Waals surface area contributed by atoms with Gasteiger partial charge in [-0.3, -0.25) is 4.90 Å². The Bertz CT molecular complexity index is 1510. The fraction of sp³-hybridized carbons (Fsp3) is 0.0870. The van der Waals surface area contributed by atoms with E-state index in [2.05, 4.69) is 15.3 Å². The summed E-state index contributed by atoms with van der Waals surface area (Å²) in [4.78, 5) is 18.7. The molecule has 0 saturated carbocycles. The number of benzene rings is 2. The fourth-order valence-corrected chi connectivity index (χ4v) is 3.95. The van der Waals surface area contributed by atoms with Crippen LogP contribution in [0.3, 0.4) is 0 Å². The second kappa shape index (κ2) is 7.66. The van der Waals surface area contributed by atoms with Crippen molar-refractivity contribution in [3.05, 3.63) is 78.4 Å². The van der Waals surface area contributed by atoms with Crippen LogP contribution >= 0.6 is 0 Å². The molecule has 4 heterocycles. The van der Waals surface area contributed by atoms with E-state index in [0.29, 0.717) is 17.4 Å². The lowest BCUT2D eigenvalue weighted by Gasteiger charge is -2.20. The zero-order chi connectivity index (χ0) is 23.2. The van der Waals surface area contributed by atoms with E-state index in [1.54, 1.807) is 35.1 Å². The SMILES string of the molecule is Nc1nnc(-c2ccc(-c3cnn4ccc(N5C(=O)OCC5c5ccc(F)cc5)nc34)cc2)o1. The van der Waals surface area contributed by atoms with Crippen molar-refractivity contribution in [1.29, 1.82) is 0 Å². The number of hydrogen-bond acceptors (Lipinski definition) is 8. The highest BCUT2D eigenvalue weighted by Crippen LogP contribution is 2.34. The second-order valence-electron chi connectivity index (χ2n) is 7.65. The van der Waals surface area contributed by atoms with E-state index in [0.717, 1.165) is 22.3 Å². The summed E-state index contributed by atoms with van der Waals surface area (Å²) in [5.41, 5.74) is 9.16. The Hall–Kier alpha value is -4.80. The number of carbonyl (C=O) groups is 1. The summed E-state index contributed by atoms with van der Waals surface area (Å²) < 4.78 is 25.6. The maximum atomic E-state index is 13.4. The summed E-state index contributed by atoms with van der Waals surface area (Å²) in [7, 11) is 0. The molecule has 3 aromatic heterocycles. The highest BCUT2D eigenvalue weighted by Gasteiger charge is 2.36. The highest BCUT2D eigenvalue weighted by atomic mass is 19.1. The van der Waals surface area contributed by atoms with Crippen LogP contribution in [0, 0.1) is 5.82 Å². The molecule has 168 valence electrons. The highest BCUT2D eigenvalue weighted by molar-refractivity contribution is 5.90. The standard InChI is InChI=1S/C23H16FN7O3/c24-16-7-5-14(6-8-16)18-12-33-23(32)31(18)19-9-10-30-20(27-19)17(11-26-30)13-1-3-15(4-2-13)21-28-29-22(25)34-21/h1-11,18H,12H2,(H2,25,29). The van der Waals surface area contributed by atoms with Gasteiger partial charge in [0.15, 0.2) is 5.65 Å². The minimum Gasteiger partial charge on any atom is -0.447 e. The molecule has 2 N–H and O–H groups in total. The van der Waals surface area contributed by atoms with Crippen molar-refractivity contribution in [2.24, 2.45) is 0 Å². The van der Waals surface area contributed by atoms with Gasteiger partial charge >= 0.3 is 12.1 Å². The predicted molar refractivity (Wildman–Crippen MR) is 119 cm³/mol. The fourth-order valence-electron chi connectivity index (χ4n) is 3.95. The number of carbonyl (C=O) groups excluding carboxylic acids is 1. The summed E-state index contributed by atoms with van der Waals surface area (Å²) >= 11 is 0. The molecule has 11 heteroatoms. The predicted octanol–water partition coefficient (Wildman–Crippen LogP) is 3.87. The largest absolute Gasteiger partial charge is 0.447 e. The summed E-state index contributed by atoms with van der Waals surface area (Å²) in [6.07, 6.45) is 2.91. The molecule has 1 unspecified atom stereocenters. The number of nitrogens with two attached hydrogens (primary N) is 1. The topological polar surface area (TPSA) is 125 Å². The van der Waals surface area contributed by atoms with Crippen LogP contribution in [0.1, 0.15) is 11.6 Å². The maximum absolute atomic E-state index is 13.4. The Balaban J connectivity index is 1.37. The number of anilines is 2. The lowest BCUT2D eigenvalue weighted by molar-refractivity contribution is 0.179. The Morgan fingerprint density at radius 1 is 1.00 bits per heavy atom. The number of nitrogens with zero attached hydrogens (tertiary/aromatic N) is 6. The van der Waals surface area contributed by atoms with E-state index in [9.17, 15) is 9.18 Å². The van der Waals surface area contributed by atoms with E-state index < -0.39 is 12.1 Å². The molecular weight excluding hydrogens is 441 g/mol. The first kappa shape index (κ1) is 19.9. The molecule has 0 bridgehead atoms. The molecule has 1 aliphatic heterocycles. The Labute approximate surface area is 191 Å². The molecule has 1 saturated heterocycles. The number of nitrogen functional groups attached to an aromatic ring is 1. The number of amides is 1. The smallest absolute Gasteiger partial charge is 0.416 e. The first-order valence-corrected chi connectivity index (χ1v) is 10.3. The first-order valence-electron chi connectivity index (χ1n) is 10.3. The zero-order valence-corrected chi connectivity index (χ0v) is 17.5. The van der Waals surface area contributed by atoms with Crippen LogP contribution in [-0.4, -0.2) is 37.5 Å². The number of halogens is 1. The Kier molecular flexibility index (Phi) is 4.47. The van der Waals surface area contributed by atoms with E-state index in [-0.39, 0.29) is 18.4 Å². The average Bonchev–Trinajstić information content (AvgIpc) is 3.57. The molecule has 0 radical (unpaired) electrons. The molecule has 34 heavy (non-hydrogen) atoms. The van der Waals surface area contributed by atoms with Gasteiger partial charge in [-0.15, -0.1) is 5.10 Å². The van der Waals surface area contributed by atoms with E-state index in [4.69, 9.17) is 19.9 Å². The van der Waals surface area contributed by atoms with E-state index in [1.807, 2.05) is 24.3 Å². The molecular formula is C23H16FN7O3. The molecule has 0 spiro atoms. The second-order valence-corrected chi connectivity index (χ2v) is 7.65. The number of rotatable bonds is 4. The van der Waals surface area contributed by atoms with Crippen LogP contribution in [-0.2, 0) is 4.74 Å². The molecule has 10 nitrogen and oxygen atoms in total. The van der Waals surface area contributed by atoms with Crippen LogP contribution in [0.5, 0.6) is 0 Å². The molecule has 6 rings (SSSR count). The van der Waals surface area contributed by atoms with Gasteiger partial charge in [0, 0.05) is 17.3 Å². The van der Waals surface area contributed by atoms with Crippen molar-refractivity contribution in [2.75, 3.05) is 17.2 Å². The lowest BCUT2D eigenvalue weighted by atomic mass is 10.1. The van der Waals surface area contributed by atoms with E-state index in [1.165, 1.54) is 17.0 Å². The lowest BCUT2D eigenvalue weighted by Crippen LogP contribution is -2.28. The third-order valence-corrected chi connectivity index (χ3v) is 5.61. The minimum atomic E-state index is -0.518. The molecule has 1 fully saturated rings. The molecule has 0 aliphatic carbocycles. The monoisotopic (exact) mass is 457 g/mol. The summed E-state index contributed by atoms with van der Waals surface area (Å²) in [6.45, 7) is 0.144. The van der Waals surface area contributed by atoms with Gasteiger partial charge in [-0.1, -0.05) is 29.4 Å². The Morgan fingerprint density at radius 2 is 1.76 bits per heavy atom. The van der Waals surface area contributed by atoms with Gasteiger partial charge in [-0.2, -0.15) is 5.10 Å². The van der Waals surface area contributed by atoms with Crippen LogP contribution in [0.2, 0.25) is 0 Å². The zero-order valence-electron chi connectivity index (χ0n) is 17.5. The average molecular weight is 457 g/mol. The molecule has 2 aromatic carbocycles. The van der Waals surface area contributed by atoms with Gasteiger partial charge in [0.2, 0.25) is 5.89 Å².